The number of benzene rings is 2. The zero-order valence-corrected chi connectivity index (χ0v) is 17.2. The van der Waals surface area contributed by atoms with Gasteiger partial charge in [0.25, 0.3) is 5.91 Å². The Bertz CT molecular complexity index is 809. The Kier molecular flexibility index (Phi) is 7.32. The van der Waals surface area contributed by atoms with Gasteiger partial charge in [-0.1, -0.05) is 24.3 Å². The fraction of sp³-hybridized carbons (Fsp3) is 0.409. The van der Waals surface area contributed by atoms with Crippen LogP contribution in [0, 0.1) is 0 Å². The van der Waals surface area contributed by atoms with Gasteiger partial charge in [-0.15, -0.1) is 0 Å². The van der Waals surface area contributed by atoms with Gasteiger partial charge in [-0.25, -0.2) is 0 Å². The van der Waals surface area contributed by atoms with E-state index in [0.29, 0.717) is 29.4 Å². The number of carbonyl (C=O) groups excluding carboxylic acids is 1. The molecule has 2 aromatic carbocycles. The van der Waals surface area contributed by atoms with Gasteiger partial charge < -0.3 is 24.3 Å². The first kappa shape index (κ1) is 21.0. The molecule has 0 atom stereocenters. The normalized spacial score (nSPS) is 14.3. The number of nitrogens with zero attached hydrogens (tertiary/aromatic N) is 1. The first-order valence-electron chi connectivity index (χ1n) is 9.60. The summed E-state index contributed by atoms with van der Waals surface area (Å²) in [5, 5.41) is 2.96. The van der Waals surface area contributed by atoms with Crippen molar-refractivity contribution < 1.29 is 23.7 Å². The van der Waals surface area contributed by atoms with Crippen LogP contribution in [0.5, 0.6) is 17.2 Å². The van der Waals surface area contributed by atoms with Gasteiger partial charge in [0.05, 0.1) is 34.5 Å². The summed E-state index contributed by atoms with van der Waals surface area (Å²) in [4.78, 5) is 15.0. The maximum atomic E-state index is 12.7. The summed E-state index contributed by atoms with van der Waals surface area (Å²) in [7, 11) is 4.59. The second-order valence-electron chi connectivity index (χ2n) is 6.81. The standard InChI is InChI=1S/C22H28N2O5/c1-26-19-12-18(13-20(27-2)21(19)28-3)22(25)23-14-16-5-4-6-17(11-16)15-24-7-9-29-10-8-24/h4-6,11-13H,7-10,14-15H2,1-3H3,(H,23,25). The number of methoxy groups -OCH3 is 3. The van der Waals surface area contributed by atoms with Crippen LogP contribution in [0.4, 0.5) is 0 Å². The van der Waals surface area contributed by atoms with Crippen molar-refractivity contribution in [3.05, 3.63) is 53.1 Å². The van der Waals surface area contributed by atoms with E-state index >= 15 is 0 Å². The molecule has 2 aromatic rings. The Hall–Kier alpha value is -2.77. The number of ether oxygens (including phenoxy) is 4. The van der Waals surface area contributed by atoms with E-state index in [2.05, 4.69) is 22.3 Å². The van der Waals surface area contributed by atoms with Gasteiger partial charge in [0.15, 0.2) is 11.5 Å². The minimum Gasteiger partial charge on any atom is -0.493 e. The topological polar surface area (TPSA) is 69.3 Å². The first-order valence-corrected chi connectivity index (χ1v) is 9.60. The number of amides is 1. The predicted molar refractivity (Wildman–Crippen MR) is 110 cm³/mol. The second kappa shape index (κ2) is 10.1. The number of carbonyl (C=O) groups is 1. The van der Waals surface area contributed by atoms with Crippen LogP contribution in [-0.4, -0.2) is 58.4 Å². The number of morpholine rings is 1. The fourth-order valence-corrected chi connectivity index (χ4v) is 3.35. The molecule has 0 aliphatic carbocycles. The summed E-state index contributed by atoms with van der Waals surface area (Å²) in [6.45, 7) is 4.78. The summed E-state index contributed by atoms with van der Waals surface area (Å²) < 4.78 is 21.3. The summed E-state index contributed by atoms with van der Waals surface area (Å²) in [6.07, 6.45) is 0. The lowest BCUT2D eigenvalue weighted by Crippen LogP contribution is -2.35. The lowest BCUT2D eigenvalue weighted by atomic mass is 10.1. The largest absolute Gasteiger partial charge is 0.493 e. The Morgan fingerprint density at radius 2 is 1.66 bits per heavy atom. The smallest absolute Gasteiger partial charge is 0.251 e. The summed E-state index contributed by atoms with van der Waals surface area (Å²) in [5.41, 5.74) is 2.73. The van der Waals surface area contributed by atoms with Crippen LogP contribution in [0.2, 0.25) is 0 Å². The van der Waals surface area contributed by atoms with Crippen molar-refractivity contribution in [2.24, 2.45) is 0 Å². The summed E-state index contributed by atoms with van der Waals surface area (Å²) in [6, 6.07) is 11.6. The molecule has 29 heavy (non-hydrogen) atoms. The molecule has 7 heteroatoms. The van der Waals surface area contributed by atoms with E-state index < -0.39 is 0 Å². The van der Waals surface area contributed by atoms with E-state index in [-0.39, 0.29) is 5.91 Å². The minimum absolute atomic E-state index is 0.206. The zero-order valence-electron chi connectivity index (χ0n) is 17.2. The molecule has 1 aliphatic heterocycles. The van der Waals surface area contributed by atoms with E-state index in [1.807, 2.05) is 12.1 Å². The lowest BCUT2D eigenvalue weighted by Gasteiger charge is -2.26. The molecule has 1 amide bonds. The van der Waals surface area contributed by atoms with E-state index in [0.717, 1.165) is 38.4 Å². The average Bonchev–Trinajstić information content (AvgIpc) is 2.77. The van der Waals surface area contributed by atoms with Crippen molar-refractivity contribution in [2.45, 2.75) is 13.1 Å². The third kappa shape index (κ3) is 5.40. The highest BCUT2D eigenvalue weighted by atomic mass is 16.5. The molecule has 0 unspecified atom stereocenters. The lowest BCUT2D eigenvalue weighted by molar-refractivity contribution is 0.0342. The monoisotopic (exact) mass is 400 g/mol. The second-order valence-corrected chi connectivity index (χ2v) is 6.81. The molecule has 1 aliphatic rings. The highest BCUT2D eigenvalue weighted by Crippen LogP contribution is 2.38. The molecule has 1 fully saturated rings. The molecule has 1 saturated heterocycles. The molecule has 0 bridgehead atoms. The molecule has 0 aromatic heterocycles. The van der Waals surface area contributed by atoms with Crippen molar-refractivity contribution in [3.8, 4) is 17.2 Å². The van der Waals surface area contributed by atoms with E-state index in [1.54, 1.807) is 12.1 Å². The Labute approximate surface area is 171 Å². The van der Waals surface area contributed by atoms with Gasteiger partial charge in [-0.05, 0) is 23.3 Å². The van der Waals surface area contributed by atoms with Crippen LogP contribution in [0.25, 0.3) is 0 Å². The SMILES string of the molecule is COc1cc(C(=O)NCc2cccc(CN3CCOCC3)c2)cc(OC)c1OC. The Morgan fingerprint density at radius 1 is 1.00 bits per heavy atom. The molecule has 156 valence electrons. The van der Waals surface area contributed by atoms with Gasteiger partial charge >= 0.3 is 0 Å². The number of rotatable bonds is 8. The number of hydrogen-bond acceptors (Lipinski definition) is 6. The van der Waals surface area contributed by atoms with E-state index in [9.17, 15) is 4.79 Å². The molecule has 0 spiro atoms. The molecule has 1 heterocycles. The summed E-state index contributed by atoms with van der Waals surface area (Å²) >= 11 is 0. The van der Waals surface area contributed by atoms with Gasteiger partial charge in [-0.2, -0.15) is 0 Å². The van der Waals surface area contributed by atoms with Crippen molar-refractivity contribution in [3.63, 3.8) is 0 Å². The number of nitrogens with one attached hydrogen (secondary N) is 1. The predicted octanol–water partition coefficient (Wildman–Crippen LogP) is 2.47. The Morgan fingerprint density at radius 3 is 2.28 bits per heavy atom. The van der Waals surface area contributed by atoms with Crippen molar-refractivity contribution in [2.75, 3.05) is 47.6 Å². The van der Waals surface area contributed by atoms with E-state index in [4.69, 9.17) is 18.9 Å². The fourth-order valence-electron chi connectivity index (χ4n) is 3.35. The quantitative estimate of drug-likeness (QED) is 0.734. The molecule has 0 radical (unpaired) electrons. The number of hydrogen-bond donors (Lipinski definition) is 1. The molecule has 1 N–H and O–H groups in total. The van der Waals surface area contributed by atoms with Crippen LogP contribution >= 0.6 is 0 Å². The van der Waals surface area contributed by atoms with Gasteiger partial charge in [-0.3, -0.25) is 9.69 Å². The van der Waals surface area contributed by atoms with Crippen LogP contribution < -0.4 is 19.5 Å². The van der Waals surface area contributed by atoms with Gasteiger partial charge in [0.1, 0.15) is 0 Å². The van der Waals surface area contributed by atoms with Crippen molar-refractivity contribution >= 4 is 5.91 Å². The maximum Gasteiger partial charge on any atom is 0.251 e. The van der Waals surface area contributed by atoms with Gasteiger partial charge in [0.2, 0.25) is 5.75 Å². The molecular formula is C22H28N2O5. The third-order valence-electron chi connectivity index (χ3n) is 4.88. The molecule has 3 rings (SSSR count). The van der Waals surface area contributed by atoms with Crippen LogP contribution in [0.1, 0.15) is 21.5 Å². The molecule has 7 nitrogen and oxygen atoms in total. The van der Waals surface area contributed by atoms with Gasteiger partial charge in [0, 0.05) is 31.7 Å². The van der Waals surface area contributed by atoms with E-state index in [1.165, 1.54) is 26.9 Å². The van der Waals surface area contributed by atoms with Crippen LogP contribution in [0.3, 0.4) is 0 Å². The maximum absolute atomic E-state index is 12.7. The summed E-state index contributed by atoms with van der Waals surface area (Å²) in [5.74, 6) is 1.15. The highest BCUT2D eigenvalue weighted by Gasteiger charge is 2.17. The highest BCUT2D eigenvalue weighted by molar-refractivity contribution is 5.95. The third-order valence-corrected chi connectivity index (χ3v) is 4.88. The molecular weight excluding hydrogens is 372 g/mol. The average molecular weight is 400 g/mol. The Balaban J connectivity index is 1.65. The zero-order chi connectivity index (χ0) is 20.6. The molecule has 0 saturated carbocycles. The minimum atomic E-state index is -0.206. The van der Waals surface area contributed by atoms with Crippen LogP contribution in [0.15, 0.2) is 36.4 Å². The first-order chi connectivity index (χ1) is 14.1. The van der Waals surface area contributed by atoms with Crippen molar-refractivity contribution in [1.29, 1.82) is 0 Å². The van der Waals surface area contributed by atoms with Crippen LogP contribution in [-0.2, 0) is 17.8 Å². The van der Waals surface area contributed by atoms with Crippen molar-refractivity contribution in [1.82, 2.24) is 10.2 Å².